The summed E-state index contributed by atoms with van der Waals surface area (Å²) in [4.78, 5) is 0. The Kier molecular flexibility index (Phi) is 7.15. The van der Waals surface area contributed by atoms with Crippen molar-refractivity contribution in [2.45, 2.75) is 58.3 Å². The fourth-order valence-electron chi connectivity index (χ4n) is 1.95. The van der Waals surface area contributed by atoms with Crippen LogP contribution in [0.15, 0.2) is 0 Å². The monoisotopic (exact) mass is 259 g/mol. The van der Waals surface area contributed by atoms with Crippen molar-refractivity contribution in [1.82, 2.24) is 5.32 Å². The van der Waals surface area contributed by atoms with Crippen LogP contribution in [0.3, 0.4) is 0 Å². The van der Waals surface area contributed by atoms with Crippen molar-refractivity contribution in [1.29, 1.82) is 0 Å². The van der Waals surface area contributed by atoms with Gasteiger partial charge in [-0.1, -0.05) is 0 Å². The smallest absolute Gasteiger partial charge is 0.0813 e. The van der Waals surface area contributed by atoms with E-state index in [-0.39, 0.29) is 11.6 Å². The first-order valence-electron chi connectivity index (χ1n) is 7.07. The zero-order chi connectivity index (χ0) is 13.4. The van der Waals surface area contributed by atoms with Crippen molar-refractivity contribution in [2.75, 3.05) is 33.0 Å². The summed E-state index contributed by atoms with van der Waals surface area (Å²) in [5.74, 6) is 0. The number of hydrogen-bond donors (Lipinski definition) is 1. The van der Waals surface area contributed by atoms with Crippen LogP contribution in [-0.4, -0.2) is 50.7 Å². The highest BCUT2D eigenvalue weighted by molar-refractivity contribution is 4.79. The van der Waals surface area contributed by atoms with Crippen molar-refractivity contribution in [3.8, 4) is 0 Å². The van der Waals surface area contributed by atoms with Crippen molar-refractivity contribution >= 4 is 0 Å². The molecule has 0 aromatic heterocycles. The zero-order valence-corrected chi connectivity index (χ0v) is 12.3. The van der Waals surface area contributed by atoms with Gasteiger partial charge in [0, 0.05) is 18.7 Å². The number of nitrogens with one attached hydrogen (secondary N) is 1. The van der Waals surface area contributed by atoms with Gasteiger partial charge in [-0.3, -0.25) is 0 Å². The molecule has 4 heteroatoms. The minimum absolute atomic E-state index is 0.162. The van der Waals surface area contributed by atoms with Crippen LogP contribution in [0.1, 0.15) is 40.5 Å². The van der Waals surface area contributed by atoms with Crippen LogP contribution in [0.25, 0.3) is 0 Å². The molecule has 1 heterocycles. The molecule has 0 radical (unpaired) electrons. The summed E-state index contributed by atoms with van der Waals surface area (Å²) in [5.41, 5.74) is 0.162. The Morgan fingerprint density at radius 1 is 1.11 bits per heavy atom. The van der Waals surface area contributed by atoms with E-state index in [1.54, 1.807) is 0 Å². The maximum Gasteiger partial charge on any atom is 0.0813 e. The fourth-order valence-corrected chi connectivity index (χ4v) is 1.95. The lowest BCUT2D eigenvalue weighted by atomic mass is 10.1. The molecule has 2 atom stereocenters. The highest BCUT2D eigenvalue weighted by atomic mass is 16.6. The summed E-state index contributed by atoms with van der Waals surface area (Å²) < 4.78 is 16.7. The van der Waals surface area contributed by atoms with Crippen LogP contribution in [-0.2, 0) is 14.2 Å². The van der Waals surface area contributed by atoms with Gasteiger partial charge in [-0.15, -0.1) is 0 Å². The van der Waals surface area contributed by atoms with Gasteiger partial charge in [0.05, 0.1) is 32.0 Å². The SMILES string of the molecule is CCOCCOCC1CCC(CNC(C)(C)C)O1. The molecule has 4 nitrogen and oxygen atoms in total. The summed E-state index contributed by atoms with van der Waals surface area (Å²) in [7, 11) is 0. The minimum atomic E-state index is 0.162. The van der Waals surface area contributed by atoms with Crippen molar-refractivity contribution < 1.29 is 14.2 Å². The second-order valence-corrected chi connectivity index (χ2v) is 5.86. The first-order valence-corrected chi connectivity index (χ1v) is 7.07. The van der Waals surface area contributed by atoms with Crippen molar-refractivity contribution in [3.05, 3.63) is 0 Å². The second kappa shape index (κ2) is 8.10. The molecule has 1 aliphatic heterocycles. The first-order chi connectivity index (χ1) is 8.51. The third-order valence-corrected chi connectivity index (χ3v) is 2.94. The Balaban J connectivity index is 2.03. The molecule has 0 saturated carbocycles. The molecule has 0 spiro atoms. The average Bonchev–Trinajstić information content (AvgIpc) is 2.73. The maximum absolute atomic E-state index is 5.94. The highest BCUT2D eigenvalue weighted by Gasteiger charge is 2.26. The van der Waals surface area contributed by atoms with Crippen molar-refractivity contribution in [2.24, 2.45) is 0 Å². The first kappa shape index (κ1) is 15.9. The van der Waals surface area contributed by atoms with E-state index in [1.807, 2.05) is 6.92 Å². The summed E-state index contributed by atoms with van der Waals surface area (Å²) in [6.45, 7) is 12.2. The molecule has 0 aliphatic carbocycles. The molecule has 1 rings (SSSR count). The van der Waals surface area contributed by atoms with Crippen molar-refractivity contribution in [3.63, 3.8) is 0 Å². The van der Waals surface area contributed by atoms with Gasteiger partial charge in [-0.2, -0.15) is 0 Å². The van der Waals surface area contributed by atoms with Gasteiger partial charge in [-0.25, -0.2) is 0 Å². The van der Waals surface area contributed by atoms with Gasteiger partial charge < -0.3 is 19.5 Å². The molecule has 0 bridgehead atoms. The largest absolute Gasteiger partial charge is 0.379 e. The predicted molar refractivity (Wildman–Crippen MR) is 73.0 cm³/mol. The lowest BCUT2D eigenvalue weighted by Crippen LogP contribution is -2.41. The third-order valence-electron chi connectivity index (χ3n) is 2.94. The van der Waals surface area contributed by atoms with E-state index in [0.29, 0.717) is 25.9 Å². The Hall–Kier alpha value is -0.160. The van der Waals surface area contributed by atoms with E-state index in [4.69, 9.17) is 14.2 Å². The Morgan fingerprint density at radius 3 is 2.44 bits per heavy atom. The predicted octanol–water partition coefficient (Wildman–Crippen LogP) is 1.98. The molecule has 0 aromatic rings. The highest BCUT2D eigenvalue weighted by Crippen LogP contribution is 2.20. The summed E-state index contributed by atoms with van der Waals surface area (Å²) in [5, 5.41) is 3.48. The van der Waals surface area contributed by atoms with Gasteiger partial charge >= 0.3 is 0 Å². The van der Waals surface area contributed by atoms with E-state index in [0.717, 1.165) is 26.0 Å². The van der Waals surface area contributed by atoms with Gasteiger partial charge in [0.15, 0.2) is 0 Å². The summed E-state index contributed by atoms with van der Waals surface area (Å²) in [6, 6.07) is 0. The Morgan fingerprint density at radius 2 is 1.78 bits per heavy atom. The second-order valence-electron chi connectivity index (χ2n) is 5.86. The van der Waals surface area contributed by atoms with Crippen LogP contribution in [0.5, 0.6) is 0 Å². The van der Waals surface area contributed by atoms with Gasteiger partial charge in [0.1, 0.15) is 0 Å². The molecule has 108 valence electrons. The third kappa shape index (κ3) is 7.31. The summed E-state index contributed by atoms with van der Waals surface area (Å²) >= 11 is 0. The standard InChI is InChI=1S/C14H29NO3/c1-5-16-8-9-17-11-13-7-6-12(18-13)10-15-14(2,3)4/h12-13,15H,5-11H2,1-4H3. The van der Waals surface area contributed by atoms with E-state index in [9.17, 15) is 0 Å². The van der Waals surface area contributed by atoms with Crippen LogP contribution < -0.4 is 5.32 Å². The Bertz CT molecular complexity index is 216. The quantitative estimate of drug-likeness (QED) is 0.677. The topological polar surface area (TPSA) is 39.7 Å². The fraction of sp³-hybridized carbons (Fsp3) is 1.00. The average molecular weight is 259 g/mol. The molecule has 18 heavy (non-hydrogen) atoms. The molecule has 1 N–H and O–H groups in total. The molecule has 0 amide bonds. The molecular formula is C14H29NO3. The van der Waals surface area contributed by atoms with Crippen LogP contribution >= 0.6 is 0 Å². The molecule has 2 unspecified atom stereocenters. The molecule has 0 aromatic carbocycles. The molecule has 1 aliphatic rings. The van der Waals surface area contributed by atoms with Gasteiger partial charge in [-0.05, 0) is 40.5 Å². The molecule has 1 saturated heterocycles. The summed E-state index contributed by atoms with van der Waals surface area (Å²) in [6.07, 6.45) is 2.83. The lowest BCUT2D eigenvalue weighted by molar-refractivity contribution is -0.0285. The van der Waals surface area contributed by atoms with Gasteiger partial charge in [0.25, 0.3) is 0 Å². The Labute approximate surface area is 111 Å². The van der Waals surface area contributed by atoms with E-state index in [2.05, 4.69) is 26.1 Å². The van der Waals surface area contributed by atoms with Gasteiger partial charge in [0.2, 0.25) is 0 Å². The van der Waals surface area contributed by atoms with Crippen LogP contribution in [0, 0.1) is 0 Å². The van der Waals surface area contributed by atoms with Crippen LogP contribution in [0.4, 0.5) is 0 Å². The van der Waals surface area contributed by atoms with Crippen LogP contribution in [0.2, 0.25) is 0 Å². The number of hydrogen-bond acceptors (Lipinski definition) is 4. The van der Waals surface area contributed by atoms with E-state index < -0.39 is 0 Å². The normalized spacial score (nSPS) is 24.7. The molecular weight excluding hydrogens is 230 g/mol. The maximum atomic E-state index is 5.94. The van der Waals surface area contributed by atoms with E-state index >= 15 is 0 Å². The molecule has 1 fully saturated rings. The number of rotatable bonds is 8. The van der Waals surface area contributed by atoms with E-state index in [1.165, 1.54) is 0 Å². The number of ether oxygens (including phenoxy) is 3. The zero-order valence-electron chi connectivity index (χ0n) is 12.3. The minimum Gasteiger partial charge on any atom is -0.379 e. The lowest BCUT2D eigenvalue weighted by Gasteiger charge is -2.23.